The Balaban J connectivity index is 2.26. The first-order valence-corrected chi connectivity index (χ1v) is 6.52. The molecule has 0 bridgehead atoms. The van der Waals surface area contributed by atoms with Gasteiger partial charge in [-0.3, -0.25) is 4.79 Å². The summed E-state index contributed by atoms with van der Waals surface area (Å²) < 4.78 is 0. The van der Waals surface area contributed by atoms with Gasteiger partial charge in [-0.2, -0.15) is 0 Å². The van der Waals surface area contributed by atoms with Crippen LogP contribution in [0.3, 0.4) is 0 Å². The highest BCUT2D eigenvalue weighted by molar-refractivity contribution is 5.73. The fourth-order valence-corrected chi connectivity index (χ4v) is 2.31. The summed E-state index contributed by atoms with van der Waals surface area (Å²) in [6, 6.07) is 1.14. The van der Waals surface area contributed by atoms with E-state index in [9.17, 15) is 4.79 Å². The monoisotopic (exact) mass is 226 g/mol. The summed E-state index contributed by atoms with van der Waals surface area (Å²) in [6.07, 6.45) is 5.06. The predicted octanol–water partition coefficient (Wildman–Crippen LogP) is 2.02. The van der Waals surface area contributed by atoms with Crippen LogP contribution in [0.2, 0.25) is 0 Å². The van der Waals surface area contributed by atoms with Crippen LogP contribution in [-0.2, 0) is 4.79 Å². The van der Waals surface area contributed by atoms with Crippen LogP contribution in [0.25, 0.3) is 0 Å². The highest BCUT2D eigenvalue weighted by Gasteiger charge is 2.26. The van der Waals surface area contributed by atoms with E-state index in [-0.39, 0.29) is 5.91 Å². The smallest absolute Gasteiger partial charge is 0.217 e. The van der Waals surface area contributed by atoms with Gasteiger partial charge in [0.15, 0.2) is 0 Å². The predicted molar refractivity (Wildman–Crippen MR) is 67.3 cm³/mol. The topological polar surface area (TPSA) is 32.3 Å². The molecule has 2 atom stereocenters. The summed E-state index contributed by atoms with van der Waals surface area (Å²) in [5.41, 5.74) is 0. The number of nitrogens with one attached hydrogen (secondary N) is 1. The van der Waals surface area contributed by atoms with Crippen LogP contribution in [0.15, 0.2) is 0 Å². The van der Waals surface area contributed by atoms with Crippen LogP contribution in [-0.4, -0.2) is 36.5 Å². The number of carbonyl (C=O) groups excluding carboxylic acids is 1. The number of nitrogens with zero attached hydrogens (tertiary/aromatic N) is 1. The largest absolute Gasteiger partial charge is 0.354 e. The van der Waals surface area contributed by atoms with Crippen molar-refractivity contribution in [2.45, 2.75) is 58.5 Å². The second-order valence-corrected chi connectivity index (χ2v) is 5.16. The van der Waals surface area contributed by atoms with Gasteiger partial charge in [-0.25, -0.2) is 0 Å². The molecule has 0 aromatic carbocycles. The van der Waals surface area contributed by atoms with Gasteiger partial charge in [0.25, 0.3) is 0 Å². The van der Waals surface area contributed by atoms with E-state index in [1.165, 1.54) is 19.3 Å². The van der Waals surface area contributed by atoms with E-state index in [0.717, 1.165) is 19.0 Å². The second kappa shape index (κ2) is 6.24. The lowest BCUT2D eigenvalue weighted by Crippen LogP contribution is -2.38. The molecular formula is C13H26N2O. The van der Waals surface area contributed by atoms with Gasteiger partial charge in [0.2, 0.25) is 5.91 Å². The van der Waals surface area contributed by atoms with Crippen molar-refractivity contribution >= 4 is 5.91 Å². The molecule has 16 heavy (non-hydrogen) atoms. The molecule has 1 amide bonds. The molecule has 3 heteroatoms. The first-order valence-electron chi connectivity index (χ1n) is 6.52. The van der Waals surface area contributed by atoms with E-state index in [1.54, 1.807) is 6.92 Å². The lowest BCUT2D eigenvalue weighted by molar-refractivity contribution is -0.119. The number of rotatable bonds is 7. The van der Waals surface area contributed by atoms with Crippen LogP contribution in [0.5, 0.6) is 0 Å². The zero-order chi connectivity index (χ0) is 12.1. The molecule has 1 N–H and O–H groups in total. The summed E-state index contributed by atoms with van der Waals surface area (Å²) in [4.78, 5) is 13.5. The molecule has 1 rings (SSSR count). The highest BCUT2D eigenvalue weighted by atomic mass is 16.1. The maximum Gasteiger partial charge on any atom is 0.217 e. The zero-order valence-corrected chi connectivity index (χ0v) is 11.1. The second-order valence-electron chi connectivity index (χ2n) is 5.16. The van der Waals surface area contributed by atoms with Crippen molar-refractivity contribution < 1.29 is 4.79 Å². The van der Waals surface area contributed by atoms with E-state index < -0.39 is 0 Å². The van der Waals surface area contributed by atoms with Crippen molar-refractivity contribution in [1.29, 1.82) is 0 Å². The lowest BCUT2D eigenvalue weighted by Gasteiger charge is -2.25. The molecule has 0 aromatic heterocycles. The molecule has 0 aliphatic heterocycles. The van der Waals surface area contributed by atoms with Gasteiger partial charge in [-0.05, 0) is 45.7 Å². The molecule has 0 saturated heterocycles. The van der Waals surface area contributed by atoms with E-state index in [2.05, 4.69) is 31.1 Å². The third kappa shape index (κ3) is 4.52. The van der Waals surface area contributed by atoms with Crippen molar-refractivity contribution in [3.63, 3.8) is 0 Å². The first-order chi connectivity index (χ1) is 7.54. The molecule has 1 saturated carbocycles. The Bertz CT molecular complexity index is 226. The molecule has 1 fully saturated rings. The molecule has 1 aliphatic rings. The Morgan fingerprint density at radius 1 is 1.50 bits per heavy atom. The van der Waals surface area contributed by atoms with Crippen molar-refractivity contribution in [3.05, 3.63) is 0 Å². The Morgan fingerprint density at radius 2 is 2.12 bits per heavy atom. The normalized spacial score (nSPS) is 19.6. The summed E-state index contributed by atoms with van der Waals surface area (Å²) in [7, 11) is 2.22. The molecule has 94 valence electrons. The highest BCUT2D eigenvalue weighted by Crippen LogP contribution is 2.26. The zero-order valence-electron chi connectivity index (χ0n) is 11.1. The Hall–Kier alpha value is -0.570. The van der Waals surface area contributed by atoms with Crippen molar-refractivity contribution in [1.82, 2.24) is 10.2 Å². The molecule has 2 unspecified atom stereocenters. The third-order valence-corrected chi connectivity index (χ3v) is 3.69. The van der Waals surface area contributed by atoms with Crippen molar-refractivity contribution in [2.24, 2.45) is 5.92 Å². The number of hydrogen-bond acceptors (Lipinski definition) is 2. The number of hydrogen-bond donors (Lipinski definition) is 1. The van der Waals surface area contributed by atoms with Crippen molar-refractivity contribution in [3.8, 4) is 0 Å². The number of carbonyl (C=O) groups is 1. The van der Waals surface area contributed by atoms with Gasteiger partial charge >= 0.3 is 0 Å². The van der Waals surface area contributed by atoms with Gasteiger partial charge in [-0.1, -0.05) is 13.3 Å². The maximum absolute atomic E-state index is 11.0. The summed E-state index contributed by atoms with van der Waals surface area (Å²) in [5.74, 6) is 0.687. The third-order valence-electron chi connectivity index (χ3n) is 3.69. The molecule has 1 aliphatic carbocycles. The Morgan fingerprint density at radius 3 is 2.56 bits per heavy atom. The summed E-state index contributed by atoms with van der Waals surface area (Å²) in [5, 5.41) is 3.00. The minimum absolute atomic E-state index is 0.0847. The van der Waals surface area contributed by atoms with Gasteiger partial charge in [0, 0.05) is 19.0 Å². The minimum Gasteiger partial charge on any atom is -0.354 e. The van der Waals surface area contributed by atoms with Crippen LogP contribution in [0.4, 0.5) is 0 Å². The lowest BCUT2D eigenvalue weighted by atomic mass is 9.94. The van der Waals surface area contributed by atoms with E-state index in [4.69, 9.17) is 0 Å². The fourth-order valence-electron chi connectivity index (χ4n) is 2.31. The summed E-state index contributed by atoms with van der Waals surface area (Å²) >= 11 is 0. The van der Waals surface area contributed by atoms with Crippen LogP contribution < -0.4 is 5.32 Å². The van der Waals surface area contributed by atoms with Gasteiger partial charge < -0.3 is 10.2 Å². The average molecular weight is 226 g/mol. The SMILES string of the molecule is CCC(CCN(C)C1CC1)C(C)NC(C)=O. The molecule has 0 spiro atoms. The quantitative estimate of drug-likeness (QED) is 0.720. The maximum atomic E-state index is 11.0. The minimum atomic E-state index is 0.0847. The van der Waals surface area contributed by atoms with Crippen LogP contribution in [0, 0.1) is 5.92 Å². The van der Waals surface area contributed by atoms with Crippen molar-refractivity contribution in [2.75, 3.05) is 13.6 Å². The van der Waals surface area contributed by atoms with E-state index >= 15 is 0 Å². The fraction of sp³-hybridized carbons (Fsp3) is 0.923. The first kappa shape index (κ1) is 13.5. The molecule has 0 heterocycles. The van der Waals surface area contributed by atoms with Crippen LogP contribution in [0.1, 0.15) is 46.5 Å². The van der Waals surface area contributed by atoms with Crippen LogP contribution >= 0.6 is 0 Å². The molecule has 0 radical (unpaired) electrons. The molecule has 0 aromatic rings. The van der Waals surface area contributed by atoms with Gasteiger partial charge in [0.05, 0.1) is 0 Å². The number of amides is 1. The van der Waals surface area contributed by atoms with Gasteiger partial charge in [0.1, 0.15) is 0 Å². The average Bonchev–Trinajstić information content (AvgIpc) is 3.00. The van der Waals surface area contributed by atoms with Gasteiger partial charge in [-0.15, -0.1) is 0 Å². The Labute approximate surface area is 99.6 Å². The molecular weight excluding hydrogens is 200 g/mol. The summed E-state index contributed by atoms with van der Waals surface area (Å²) in [6.45, 7) is 7.08. The Kier molecular flexibility index (Phi) is 5.26. The molecule has 3 nitrogen and oxygen atoms in total. The van der Waals surface area contributed by atoms with E-state index in [1.807, 2.05) is 0 Å². The van der Waals surface area contributed by atoms with E-state index in [0.29, 0.717) is 12.0 Å². The standard InChI is InChI=1S/C13H26N2O/c1-5-12(10(2)14-11(3)16)8-9-15(4)13-6-7-13/h10,12-13H,5-9H2,1-4H3,(H,14,16).